The van der Waals surface area contributed by atoms with E-state index in [4.69, 9.17) is 0 Å². The van der Waals surface area contributed by atoms with Gasteiger partial charge in [0.2, 0.25) is 5.91 Å². The largest absolute Gasteiger partial charge is 0.368 e. The van der Waals surface area contributed by atoms with E-state index < -0.39 is 11.8 Å². The molecule has 1 fully saturated rings. The van der Waals surface area contributed by atoms with Gasteiger partial charge in [0.05, 0.1) is 16.2 Å². The molecular formula is C23H20N4O3S. The second kappa shape index (κ2) is 7.70. The number of aliphatic imine (C=N–C) groups is 1. The van der Waals surface area contributed by atoms with Crippen molar-refractivity contribution in [1.82, 2.24) is 4.90 Å². The quantitative estimate of drug-likeness (QED) is 0.646. The highest BCUT2D eigenvalue weighted by Crippen LogP contribution is 2.43. The maximum Gasteiger partial charge on any atom is 0.287 e. The minimum absolute atomic E-state index is 0.266. The lowest BCUT2D eigenvalue weighted by molar-refractivity contribution is -0.122. The van der Waals surface area contributed by atoms with E-state index in [9.17, 15) is 14.4 Å². The maximum atomic E-state index is 13.0. The fourth-order valence-corrected chi connectivity index (χ4v) is 5.19. The number of piperazine rings is 1. The molecule has 3 amide bonds. The molecule has 7 nitrogen and oxygen atoms in total. The number of anilines is 2. The van der Waals surface area contributed by atoms with E-state index in [2.05, 4.69) is 26.9 Å². The van der Waals surface area contributed by atoms with Crippen LogP contribution in [0.4, 0.5) is 11.4 Å². The number of rotatable bonds is 1. The van der Waals surface area contributed by atoms with E-state index in [0.717, 1.165) is 31.1 Å². The Bertz CT molecular complexity index is 1150. The first kappa shape index (κ1) is 19.6. The third kappa shape index (κ3) is 3.33. The number of amidine groups is 1. The van der Waals surface area contributed by atoms with Crippen LogP contribution >= 0.6 is 11.8 Å². The fourth-order valence-electron chi connectivity index (χ4n) is 4.13. The zero-order chi connectivity index (χ0) is 21.5. The fraction of sp³-hybridized carbons (Fsp3) is 0.217. The van der Waals surface area contributed by atoms with Crippen LogP contribution in [0.5, 0.6) is 0 Å². The highest BCUT2D eigenvalue weighted by atomic mass is 32.2. The van der Waals surface area contributed by atoms with Crippen LogP contribution in [0.25, 0.3) is 5.57 Å². The second-order valence-corrected chi connectivity index (χ2v) is 8.47. The van der Waals surface area contributed by atoms with E-state index in [1.807, 2.05) is 18.2 Å². The molecule has 0 spiro atoms. The first-order valence-electron chi connectivity index (χ1n) is 10.1. The Hall–Kier alpha value is -3.39. The maximum absolute atomic E-state index is 13.0. The van der Waals surface area contributed by atoms with Crippen molar-refractivity contribution in [2.24, 2.45) is 4.99 Å². The zero-order valence-electron chi connectivity index (χ0n) is 16.9. The van der Waals surface area contributed by atoms with Crippen LogP contribution in [-0.2, 0) is 14.4 Å². The molecule has 31 heavy (non-hydrogen) atoms. The Morgan fingerprint density at radius 1 is 0.903 bits per heavy atom. The lowest BCUT2D eigenvalue weighted by Gasteiger charge is -2.36. The number of thioether (sulfide) groups is 1. The molecule has 2 aromatic rings. The molecule has 0 N–H and O–H groups in total. The summed E-state index contributed by atoms with van der Waals surface area (Å²) >= 11 is 1.23. The molecule has 0 aliphatic carbocycles. The van der Waals surface area contributed by atoms with Gasteiger partial charge in [0, 0.05) is 44.4 Å². The molecule has 3 aliphatic heterocycles. The van der Waals surface area contributed by atoms with Crippen LogP contribution in [0, 0.1) is 0 Å². The number of hydrogen-bond donors (Lipinski definition) is 0. The third-order valence-corrected chi connectivity index (χ3v) is 6.74. The van der Waals surface area contributed by atoms with Gasteiger partial charge in [0.1, 0.15) is 0 Å². The van der Waals surface area contributed by atoms with Crippen molar-refractivity contribution in [3.63, 3.8) is 0 Å². The summed E-state index contributed by atoms with van der Waals surface area (Å²) in [4.78, 5) is 47.9. The van der Waals surface area contributed by atoms with Gasteiger partial charge in [0.15, 0.2) is 5.17 Å². The minimum Gasteiger partial charge on any atom is -0.368 e. The van der Waals surface area contributed by atoms with E-state index in [-0.39, 0.29) is 11.5 Å². The summed E-state index contributed by atoms with van der Waals surface area (Å²) in [5, 5.41) is 0.617. The second-order valence-electron chi connectivity index (χ2n) is 7.49. The number of fused-ring (bicyclic) bond motifs is 1. The van der Waals surface area contributed by atoms with Gasteiger partial charge in [-0.05, 0) is 30.0 Å². The number of benzene rings is 2. The summed E-state index contributed by atoms with van der Waals surface area (Å²) in [6.07, 6.45) is 0. The molecule has 0 aromatic heterocycles. The van der Waals surface area contributed by atoms with Crippen molar-refractivity contribution in [2.75, 3.05) is 36.0 Å². The number of imide groups is 1. The summed E-state index contributed by atoms with van der Waals surface area (Å²) in [5.74, 6) is -1.26. The molecule has 3 heterocycles. The molecule has 0 saturated carbocycles. The highest BCUT2D eigenvalue weighted by Gasteiger charge is 2.41. The van der Waals surface area contributed by atoms with Gasteiger partial charge in [-0.15, -0.1) is 0 Å². The van der Waals surface area contributed by atoms with E-state index >= 15 is 0 Å². The smallest absolute Gasteiger partial charge is 0.287 e. The van der Waals surface area contributed by atoms with Crippen molar-refractivity contribution in [1.29, 1.82) is 0 Å². The zero-order valence-corrected chi connectivity index (χ0v) is 17.8. The summed E-state index contributed by atoms with van der Waals surface area (Å²) in [6.45, 7) is 4.47. The molecule has 0 unspecified atom stereocenters. The topological polar surface area (TPSA) is 73.3 Å². The van der Waals surface area contributed by atoms with Gasteiger partial charge in [-0.1, -0.05) is 36.4 Å². The third-order valence-electron chi connectivity index (χ3n) is 5.63. The first-order chi connectivity index (χ1) is 15.0. The lowest BCUT2D eigenvalue weighted by atomic mass is 10.1. The van der Waals surface area contributed by atoms with Gasteiger partial charge in [-0.25, -0.2) is 4.90 Å². The Balaban J connectivity index is 1.38. The molecule has 8 heteroatoms. The van der Waals surface area contributed by atoms with E-state index in [1.54, 1.807) is 24.3 Å². The summed E-state index contributed by atoms with van der Waals surface area (Å²) in [5.41, 5.74) is 2.56. The summed E-state index contributed by atoms with van der Waals surface area (Å²) in [6, 6.07) is 17.3. The van der Waals surface area contributed by atoms with Crippen molar-refractivity contribution >= 4 is 51.6 Å². The molecule has 5 rings (SSSR count). The number of para-hydroxylation sites is 2. The predicted octanol–water partition coefficient (Wildman–Crippen LogP) is 2.74. The number of amides is 3. The molecule has 0 atom stereocenters. The van der Waals surface area contributed by atoms with Crippen molar-refractivity contribution < 1.29 is 14.4 Å². The Morgan fingerprint density at radius 3 is 2.26 bits per heavy atom. The summed E-state index contributed by atoms with van der Waals surface area (Å²) in [7, 11) is 0. The van der Waals surface area contributed by atoms with Crippen molar-refractivity contribution in [2.45, 2.75) is 6.92 Å². The Kier molecular flexibility index (Phi) is 4.86. The average Bonchev–Trinajstić information content (AvgIpc) is 3.30. The predicted molar refractivity (Wildman–Crippen MR) is 122 cm³/mol. The molecule has 0 radical (unpaired) electrons. The molecule has 156 valence electrons. The number of hydrogen-bond acceptors (Lipinski definition) is 6. The molecule has 3 aliphatic rings. The SMILES string of the molecule is CC(=O)N1C(=O)/C(=C2\SC(N3CCN(c4ccccc4)CC3)=NC2=O)c2ccccc21. The lowest BCUT2D eigenvalue weighted by Crippen LogP contribution is -2.47. The molecule has 2 aromatic carbocycles. The van der Waals surface area contributed by atoms with Crippen LogP contribution in [0.3, 0.4) is 0 Å². The van der Waals surface area contributed by atoms with Crippen LogP contribution < -0.4 is 9.80 Å². The van der Waals surface area contributed by atoms with Crippen LogP contribution in [0.2, 0.25) is 0 Å². The van der Waals surface area contributed by atoms with Crippen molar-refractivity contribution in [3.8, 4) is 0 Å². The normalized spacial score (nSPS) is 20.9. The van der Waals surface area contributed by atoms with Crippen LogP contribution in [0.15, 0.2) is 64.5 Å². The Morgan fingerprint density at radius 2 is 1.55 bits per heavy atom. The Labute approximate surface area is 184 Å². The number of carbonyl (C=O) groups excluding carboxylic acids is 3. The number of carbonyl (C=O) groups is 3. The van der Waals surface area contributed by atoms with Gasteiger partial charge in [-0.2, -0.15) is 4.99 Å². The average molecular weight is 433 g/mol. The van der Waals surface area contributed by atoms with E-state index in [1.165, 1.54) is 24.4 Å². The summed E-state index contributed by atoms with van der Waals surface area (Å²) < 4.78 is 0. The molecule has 1 saturated heterocycles. The van der Waals surface area contributed by atoms with Gasteiger partial charge in [-0.3, -0.25) is 14.4 Å². The van der Waals surface area contributed by atoms with Gasteiger partial charge in [0.25, 0.3) is 11.8 Å². The minimum atomic E-state index is -0.463. The molecular weight excluding hydrogens is 412 g/mol. The number of nitrogens with zero attached hydrogens (tertiary/aromatic N) is 4. The highest BCUT2D eigenvalue weighted by molar-refractivity contribution is 8.18. The van der Waals surface area contributed by atoms with Gasteiger partial charge < -0.3 is 9.80 Å². The molecule has 0 bridgehead atoms. The van der Waals surface area contributed by atoms with Crippen molar-refractivity contribution in [3.05, 3.63) is 65.1 Å². The van der Waals surface area contributed by atoms with Crippen LogP contribution in [0.1, 0.15) is 12.5 Å². The monoisotopic (exact) mass is 432 g/mol. The first-order valence-corrected chi connectivity index (χ1v) is 10.9. The standard InChI is InChI=1S/C23H20N4O3S/c1-15(28)27-18-10-6-5-9-17(18)19(22(27)30)20-21(29)24-23(31-20)26-13-11-25(12-14-26)16-7-3-2-4-8-16/h2-10H,11-14H2,1H3/b20-19-. The van der Waals surface area contributed by atoms with Gasteiger partial charge >= 0.3 is 0 Å². The van der Waals surface area contributed by atoms with Crippen LogP contribution in [-0.4, -0.2) is 54.0 Å². The van der Waals surface area contributed by atoms with E-state index in [0.29, 0.717) is 21.3 Å².